The maximum atomic E-state index is 14.7. The zero-order valence-electron chi connectivity index (χ0n) is 22.3. The second kappa shape index (κ2) is 10.5. The number of methoxy groups -OCH3 is 1. The van der Waals surface area contributed by atoms with Gasteiger partial charge >= 0.3 is 258 Å². The zero-order chi connectivity index (χ0) is 31.9. The second-order valence-corrected chi connectivity index (χ2v) is 23.3. The second-order valence-electron chi connectivity index (χ2n) is 9.77. The van der Waals surface area contributed by atoms with Crippen molar-refractivity contribution in [2.45, 2.75) is 41.7 Å². The third kappa shape index (κ3) is 4.45. The molecule has 234 valence electrons. The Bertz CT molecular complexity index is 1440. The van der Waals surface area contributed by atoms with Gasteiger partial charge in [-0.1, -0.05) is 0 Å². The molecular weight excluding hydrogens is 700 g/mol. The van der Waals surface area contributed by atoms with Crippen molar-refractivity contribution in [2.24, 2.45) is 0 Å². The molecule has 0 saturated heterocycles. The minimum Gasteiger partial charge on any atom is 1.00 e. The molecule has 2 aliphatic rings. The Morgan fingerprint density at radius 2 is 0.977 bits per heavy atom. The Kier molecular flexibility index (Phi) is 8.35. The molecule has 0 amide bonds. The molecule has 1 spiro atoms. The first-order valence-electron chi connectivity index (χ1n) is 12.0. The molecule has 0 aliphatic carbocycles. The summed E-state index contributed by atoms with van der Waals surface area (Å²) in [6.07, 6.45) is -25.6. The fourth-order valence-electron chi connectivity index (χ4n) is 5.70. The topological polar surface area (TPSA) is 27.7 Å². The van der Waals surface area contributed by atoms with E-state index in [9.17, 15) is 52.7 Å². The van der Waals surface area contributed by atoms with Crippen LogP contribution in [-0.2, 0) is 24.5 Å². The molecule has 0 bridgehead atoms. The number of ether oxygens (including phenoxy) is 1. The average Bonchev–Trinajstić information content (AvgIpc) is 3.36. The summed E-state index contributed by atoms with van der Waals surface area (Å²) < 4.78 is 190. The molecule has 2 aliphatic heterocycles. The first-order chi connectivity index (χ1) is 19.7. The molecule has 18 heteroatoms. The van der Waals surface area contributed by atoms with E-state index in [0.29, 0.717) is 24.3 Å². The fourth-order valence-corrected chi connectivity index (χ4v) is 25.3. The van der Waals surface area contributed by atoms with Crippen molar-refractivity contribution in [3.05, 3.63) is 89.5 Å². The first kappa shape index (κ1) is 34.9. The summed E-state index contributed by atoms with van der Waals surface area (Å²) in [5, 5.41) is 0. The number of rotatable bonds is 4. The Labute approximate surface area is 257 Å². The number of hydrogen-bond donors (Lipinski definition) is 0. The van der Waals surface area contributed by atoms with E-state index in [4.69, 9.17) is 12.3 Å². The van der Waals surface area contributed by atoms with Gasteiger partial charge in [0.05, 0.1) is 0 Å². The summed E-state index contributed by atoms with van der Waals surface area (Å²) in [5.41, 5.74) is -13.9. The molecule has 0 saturated carbocycles. The SMILES string of the molecule is COc1ccc(C[S][Ge-]23([O]C(C(F)(F)F)(C(F)(F)F)c4cccc[c]42)[O]C(C(F)(F)F)(C(F)(F)F)c2cccc[c]23)cc1.[Li+]. The predicted octanol–water partition coefficient (Wildman–Crippen LogP) is 4.34. The van der Waals surface area contributed by atoms with Gasteiger partial charge in [-0.15, -0.1) is 0 Å². The van der Waals surface area contributed by atoms with Gasteiger partial charge in [-0.2, -0.15) is 0 Å². The first-order valence-corrected chi connectivity index (χ1v) is 19.4. The molecule has 3 nitrogen and oxygen atoms in total. The Hall–Kier alpha value is -1.97. The Morgan fingerprint density at radius 1 is 0.614 bits per heavy atom. The van der Waals surface area contributed by atoms with E-state index in [0.717, 1.165) is 24.3 Å². The standard InChI is InChI=1S/C26H17F12GeO3S.Li/c1-40-16-12-10-15(11-13-16)14-43-39(19-8-4-2-6-17(19)21(41-39,23(27,28)29)24(30,31)32)20-9-5-3-7-18(20)22(42-39,25(33,34)35)26(36,37)38;/h2-13H,14H2,1H3;/q-1;+1. The van der Waals surface area contributed by atoms with E-state index in [1.807, 2.05) is 0 Å². The van der Waals surface area contributed by atoms with E-state index in [1.54, 1.807) is 0 Å². The number of fused-ring (bicyclic) bond motifs is 4. The minimum atomic E-state index is -7.87. The van der Waals surface area contributed by atoms with E-state index >= 15 is 0 Å². The van der Waals surface area contributed by atoms with Crippen LogP contribution in [0.5, 0.6) is 5.75 Å². The van der Waals surface area contributed by atoms with Gasteiger partial charge in [0.15, 0.2) is 0 Å². The normalized spacial score (nSPS) is 20.6. The average molecular weight is 717 g/mol. The number of alkyl halides is 12. The molecule has 3 aromatic carbocycles. The zero-order valence-corrected chi connectivity index (χ0v) is 25.2. The molecule has 0 aromatic heterocycles. The van der Waals surface area contributed by atoms with E-state index in [1.165, 1.54) is 31.4 Å². The number of halogens is 12. The number of hydrogen-bond acceptors (Lipinski definition) is 4. The van der Waals surface area contributed by atoms with Crippen LogP contribution in [-0.4, -0.2) is 43.5 Å². The van der Waals surface area contributed by atoms with E-state index in [-0.39, 0.29) is 40.3 Å². The van der Waals surface area contributed by atoms with Crippen molar-refractivity contribution in [1.82, 2.24) is 0 Å². The summed E-state index contributed by atoms with van der Waals surface area (Å²) in [6.45, 7) is 0. The summed E-state index contributed by atoms with van der Waals surface area (Å²) in [7, 11) is 1.26. The van der Waals surface area contributed by atoms with E-state index in [2.05, 4.69) is 0 Å². The molecule has 3 aromatic rings. The van der Waals surface area contributed by atoms with Gasteiger partial charge in [0.1, 0.15) is 0 Å². The van der Waals surface area contributed by atoms with Crippen LogP contribution in [0.3, 0.4) is 0 Å². The van der Waals surface area contributed by atoms with Gasteiger partial charge in [0, 0.05) is 0 Å². The van der Waals surface area contributed by atoms with Gasteiger partial charge in [-0.05, 0) is 0 Å². The molecule has 0 N–H and O–H groups in total. The van der Waals surface area contributed by atoms with Crippen LogP contribution in [0.1, 0.15) is 16.7 Å². The van der Waals surface area contributed by atoms with Crippen LogP contribution < -0.4 is 32.4 Å². The van der Waals surface area contributed by atoms with Crippen LogP contribution in [0.2, 0.25) is 0 Å². The van der Waals surface area contributed by atoms with Crippen LogP contribution in [0.25, 0.3) is 0 Å². The van der Waals surface area contributed by atoms with Crippen molar-refractivity contribution in [2.75, 3.05) is 7.11 Å². The third-order valence-corrected chi connectivity index (χ3v) is 24.4. The monoisotopic (exact) mass is 718 g/mol. The van der Waals surface area contributed by atoms with Gasteiger partial charge in [-0.3, -0.25) is 0 Å². The van der Waals surface area contributed by atoms with Crippen LogP contribution in [0.4, 0.5) is 52.7 Å². The van der Waals surface area contributed by atoms with Gasteiger partial charge < -0.3 is 0 Å². The van der Waals surface area contributed by atoms with Crippen molar-refractivity contribution >= 4 is 30.6 Å². The van der Waals surface area contributed by atoms with Crippen molar-refractivity contribution in [3.63, 3.8) is 0 Å². The van der Waals surface area contributed by atoms with Gasteiger partial charge in [0.2, 0.25) is 0 Å². The van der Waals surface area contributed by atoms with Crippen LogP contribution in [0, 0.1) is 0 Å². The predicted molar refractivity (Wildman–Crippen MR) is 132 cm³/mol. The molecule has 0 fully saturated rings. The summed E-state index contributed by atoms with van der Waals surface area (Å²) in [6, 6.07) is 10.5. The Balaban J connectivity index is 0.00000442. The van der Waals surface area contributed by atoms with E-state index < -0.39 is 73.3 Å². The minimum absolute atomic E-state index is 0. The maximum Gasteiger partial charge on any atom is 1.00 e. The molecule has 0 unspecified atom stereocenters. The van der Waals surface area contributed by atoms with Gasteiger partial charge in [-0.25, -0.2) is 0 Å². The molecule has 2 heterocycles. The smallest absolute Gasteiger partial charge is 1.00 e. The molecule has 0 atom stereocenters. The fraction of sp³-hybridized carbons (Fsp3) is 0.308. The quantitative estimate of drug-likeness (QED) is 0.297. The largest absolute Gasteiger partial charge is 1.00 e. The van der Waals surface area contributed by atoms with Gasteiger partial charge in [0.25, 0.3) is 0 Å². The molecular formula is C26H17F12GeLiO3S. The van der Waals surface area contributed by atoms with Crippen LogP contribution in [0.15, 0.2) is 72.8 Å². The van der Waals surface area contributed by atoms with Crippen molar-refractivity contribution in [3.8, 4) is 5.75 Å². The van der Waals surface area contributed by atoms with Crippen molar-refractivity contribution < 1.29 is 83.8 Å². The summed E-state index contributed by atoms with van der Waals surface area (Å²) >= 11 is -7.87. The third-order valence-electron chi connectivity index (χ3n) is 7.48. The summed E-state index contributed by atoms with van der Waals surface area (Å²) in [4.78, 5) is 0. The molecule has 44 heavy (non-hydrogen) atoms. The molecule has 5 rings (SSSR count). The Morgan fingerprint density at radius 3 is 1.32 bits per heavy atom. The van der Waals surface area contributed by atoms with Crippen molar-refractivity contribution in [1.29, 1.82) is 0 Å². The number of benzene rings is 3. The summed E-state index contributed by atoms with van der Waals surface area (Å²) in [5.74, 6) is -0.420. The molecule has 0 radical (unpaired) electrons. The van der Waals surface area contributed by atoms with Crippen LogP contribution >= 0.6 is 10.1 Å². The maximum absolute atomic E-state index is 14.7.